The number of hydrogen-bond acceptors (Lipinski definition) is 4. The third-order valence-corrected chi connectivity index (χ3v) is 3.74. The van der Waals surface area contributed by atoms with Gasteiger partial charge in [0.1, 0.15) is 5.60 Å². The Hall–Kier alpha value is -1.30. The molecule has 0 unspecified atom stereocenters. The highest BCUT2D eigenvalue weighted by Gasteiger charge is 2.48. The zero-order chi connectivity index (χ0) is 15.0. The molecule has 1 N–H and O–H groups in total. The Morgan fingerprint density at radius 1 is 1.30 bits per heavy atom. The minimum Gasteiger partial charge on any atom is -0.479 e. The summed E-state index contributed by atoms with van der Waals surface area (Å²) in [7, 11) is 0. The molecule has 1 aliphatic carbocycles. The molecule has 2 rings (SSSR count). The van der Waals surface area contributed by atoms with Crippen molar-refractivity contribution in [3.8, 4) is 0 Å². The monoisotopic (exact) mass is 285 g/mol. The van der Waals surface area contributed by atoms with Gasteiger partial charge in [-0.25, -0.2) is 9.59 Å². The van der Waals surface area contributed by atoms with Gasteiger partial charge in [-0.2, -0.15) is 0 Å². The highest BCUT2D eigenvalue weighted by atomic mass is 16.6. The lowest BCUT2D eigenvalue weighted by Gasteiger charge is -2.39. The molecule has 0 aromatic rings. The lowest BCUT2D eigenvalue weighted by molar-refractivity contribution is -0.188. The van der Waals surface area contributed by atoms with Crippen molar-refractivity contribution in [2.75, 3.05) is 13.1 Å². The van der Waals surface area contributed by atoms with E-state index in [-0.39, 0.29) is 12.2 Å². The molecule has 1 saturated heterocycles. The summed E-state index contributed by atoms with van der Waals surface area (Å²) in [5.74, 6) is -0.889. The Morgan fingerprint density at radius 2 is 1.95 bits per heavy atom. The number of carbonyl (C=O) groups excluding carboxylic acids is 1. The van der Waals surface area contributed by atoms with Gasteiger partial charge < -0.3 is 19.5 Å². The summed E-state index contributed by atoms with van der Waals surface area (Å²) in [6, 6.07) is 0. The van der Waals surface area contributed by atoms with Crippen LogP contribution in [0.5, 0.6) is 0 Å². The van der Waals surface area contributed by atoms with Crippen molar-refractivity contribution >= 4 is 12.1 Å². The van der Waals surface area contributed by atoms with Crippen molar-refractivity contribution in [3.63, 3.8) is 0 Å². The number of likely N-dealkylation sites (tertiary alicyclic amines) is 1. The number of ether oxygens (including phenoxy) is 2. The van der Waals surface area contributed by atoms with Crippen LogP contribution in [0.2, 0.25) is 0 Å². The molecule has 20 heavy (non-hydrogen) atoms. The topological polar surface area (TPSA) is 76.1 Å². The fourth-order valence-corrected chi connectivity index (χ4v) is 2.52. The number of carboxylic acid groups (broad SMARTS) is 1. The van der Waals surface area contributed by atoms with E-state index in [0.29, 0.717) is 32.4 Å². The van der Waals surface area contributed by atoms with Crippen molar-refractivity contribution in [1.82, 2.24) is 4.90 Å². The second-order valence-corrected chi connectivity index (χ2v) is 6.61. The second-order valence-electron chi connectivity index (χ2n) is 6.61. The maximum atomic E-state index is 11.9. The van der Waals surface area contributed by atoms with E-state index in [1.807, 2.05) is 20.8 Å². The highest BCUT2D eigenvalue weighted by molar-refractivity contribution is 5.78. The van der Waals surface area contributed by atoms with Gasteiger partial charge in [-0.05, 0) is 46.5 Å². The van der Waals surface area contributed by atoms with E-state index < -0.39 is 17.2 Å². The number of hydrogen-bond donors (Lipinski definition) is 1. The first-order valence-electron chi connectivity index (χ1n) is 7.11. The molecule has 0 radical (unpaired) electrons. The van der Waals surface area contributed by atoms with Gasteiger partial charge in [0.15, 0.2) is 5.60 Å². The molecule has 1 amide bonds. The fraction of sp³-hybridized carbons (Fsp3) is 0.857. The minimum absolute atomic E-state index is 0.209. The number of carboxylic acids is 1. The predicted octanol–water partition coefficient (Wildman–Crippen LogP) is 2.02. The molecule has 6 nitrogen and oxygen atoms in total. The Morgan fingerprint density at radius 3 is 2.40 bits per heavy atom. The summed E-state index contributed by atoms with van der Waals surface area (Å²) >= 11 is 0. The maximum Gasteiger partial charge on any atom is 0.410 e. The van der Waals surface area contributed by atoms with Gasteiger partial charge in [-0.1, -0.05) is 0 Å². The molecule has 1 heterocycles. The van der Waals surface area contributed by atoms with Crippen molar-refractivity contribution in [3.05, 3.63) is 0 Å². The van der Waals surface area contributed by atoms with E-state index in [2.05, 4.69) is 0 Å². The third-order valence-electron chi connectivity index (χ3n) is 3.74. The standard InChI is InChI=1S/C14H23NO5/c1-13(2,3)20-12(18)15-8-5-10(9-15)19-14(11(16)17)6-4-7-14/h10H,4-9H2,1-3H3,(H,16,17)/t10-/m1/s1. The van der Waals surface area contributed by atoms with Crippen LogP contribution in [-0.4, -0.2) is 52.5 Å². The first kappa shape index (κ1) is 15.1. The zero-order valence-electron chi connectivity index (χ0n) is 12.3. The molecule has 0 bridgehead atoms. The number of nitrogens with zero attached hydrogens (tertiary/aromatic N) is 1. The smallest absolute Gasteiger partial charge is 0.410 e. The molecule has 2 fully saturated rings. The number of amides is 1. The SMILES string of the molecule is CC(C)(C)OC(=O)N1CC[C@@H](OC2(C(=O)O)CCC2)C1. The number of carbonyl (C=O) groups is 2. The molecule has 6 heteroatoms. The van der Waals surface area contributed by atoms with E-state index in [1.54, 1.807) is 4.90 Å². The molecule has 1 saturated carbocycles. The van der Waals surface area contributed by atoms with E-state index in [1.165, 1.54) is 0 Å². The van der Waals surface area contributed by atoms with Crippen molar-refractivity contribution < 1.29 is 24.2 Å². The summed E-state index contributed by atoms with van der Waals surface area (Å²) in [5.41, 5.74) is -1.54. The van der Waals surface area contributed by atoms with Crippen LogP contribution in [-0.2, 0) is 14.3 Å². The van der Waals surface area contributed by atoms with Crippen molar-refractivity contribution in [1.29, 1.82) is 0 Å². The number of rotatable bonds is 3. The first-order valence-corrected chi connectivity index (χ1v) is 7.11. The van der Waals surface area contributed by atoms with Crippen LogP contribution in [0.3, 0.4) is 0 Å². The summed E-state index contributed by atoms with van der Waals surface area (Å²) < 4.78 is 11.1. The van der Waals surface area contributed by atoms with Crippen LogP contribution in [0, 0.1) is 0 Å². The van der Waals surface area contributed by atoms with Crippen LogP contribution in [0.1, 0.15) is 46.5 Å². The lowest BCUT2D eigenvalue weighted by atomic mass is 9.80. The van der Waals surface area contributed by atoms with Crippen LogP contribution >= 0.6 is 0 Å². The quantitative estimate of drug-likeness (QED) is 0.858. The molecule has 1 aliphatic heterocycles. The first-order chi connectivity index (χ1) is 9.22. The van der Waals surface area contributed by atoms with Gasteiger partial charge in [-0.3, -0.25) is 0 Å². The predicted molar refractivity (Wildman–Crippen MR) is 71.5 cm³/mol. The average Bonchev–Trinajstić information content (AvgIpc) is 2.68. The molecule has 2 aliphatic rings. The minimum atomic E-state index is -1.02. The summed E-state index contributed by atoms with van der Waals surface area (Å²) in [6.45, 7) is 6.42. The van der Waals surface area contributed by atoms with Crippen LogP contribution in [0.4, 0.5) is 4.79 Å². The average molecular weight is 285 g/mol. The third kappa shape index (κ3) is 3.23. The normalized spacial score (nSPS) is 25.1. The molecular weight excluding hydrogens is 262 g/mol. The fourth-order valence-electron chi connectivity index (χ4n) is 2.52. The van der Waals surface area contributed by atoms with Crippen LogP contribution in [0.25, 0.3) is 0 Å². The second kappa shape index (κ2) is 5.24. The summed E-state index contributed by atoms with van der Waals surface area (Å²) in [4.78, 5) is 24.8. The van der Waals surface area contributed by atoms with Gasteiger partial charge in [0, 0.05) is 6.54 Å². The van der Waals surface area contributed by atoms with Crippen LogP contribution in [0.15, 0.2) is 0 Å². The van der Waals surface area contributed by atoms with Gasteiger partial charge in [0.05, 0.1) is 12.6 Å². The lowest BCUT2D eigenvalue weighted by Crippen LogP contribution is -2.50. The van der Waals surface area contributed by atoms with E-state index in [4.69, 9.17) is 9.47 Å². The largest absolute Gasteiger partial charge is 0.479 e. The van der Waals surface area contributed by atoms with E-state index >= 15 is 0 Å². The Labute approximate surface area is 119 Å². The Balaban J connectivity index is 1.86. The molecule has 1 atom stereocenters. The molecule has 114 valence electrons. The van der Waals surface area contributed by atoms with Gasteiger partial charge in [0.2, 0.25) is 0 Å². The Bertz CT molecular complexity index is 397. The maximum absolute atomic E-state index is 11.9. The van der Waals surface area contributed by atoms with Crippen molar-refractivity contribution in [2.45, 2.75) is 63.8 Å². The Kier molecular flexibility index (Phi) is 3.95. The highest BCUT2D eigenvalue weighted by Crippen LogP contribution is 2.38. The number of aliphatic carboxylic acids is 1. The molecule has 0 aromatic heterocycles. The van der Waals surface area contributed by atoms with Gasteiger partial charge in [-0.15, -0.1) is 0 Å². The zero-order valence-corrected chi connectivity index (χ0v) is 12.3. The van der Waals surface area contributed by atoms with Gasteiger partial charge >= 0.3 is 12.1 Å². The van der Waals surface area contributed by atoms with E-state index in [9.17, 15) is 14.7 Å². The summed E-state index contributed by atoms with van der Waals surface area (Å²) in [6.07, 6.45) is 2.10. The molecular formula is C14H23NO5. The van der Waals surface area contributed by atoms with Crippen LogP contribution < -0.4 is 0 Å². The van der Waals surface area contributed by atoms with Crippen molar-refractivity contribution in [2.24, 2.45) is 0 Å². The molecule has 0 spiro atoms. The van der Waals surface area contributed by atoms with E-state index in [0.717, 1.165) is 6.42 Å². The molecule has 0 aromatic carbocycles. The summed E-state index contributed by atoms with van der Waals surface area (Å²) in [5, 5.41) is 9.24. The van der Waals surface area contributed by atoms with Gasteiger partial charge in [0.25, 0.3) is 0 Å².